The number of fused-ring (bicyclic) bond motifs is 1. The van der Waals surface area contributed by atoms with E-state index in [1.165, 1.54) is 0 Å². The Bertz CT molecular complexity index is 846. The first-order chi connectivity index (χ1) is 13.0. The normalized spacial score (nSPS) is 15.6. The molecule has 6 heteroatoms. The number of para-hydroxylation sites is 1. The third kappa shape index (κ3) is 4.94. The van der Waals surface area contributed by atoms with Crippen molar-refractivity contribution in [2.75, 3.05) is 11.9 Å². The first kappa shape index (κ1) is 18.6. The van der Waals surface area contributed by atoms with E-state index in [1.54, 1.807) is 24.3 Å². The van der Waals surface area contributed by atoms with Gasteiger partial charge in [0.05, 0.1) is 5.56 Å². The van der Waals surface area contributed by atoms with Crippen LogP contribution >= 0.6 is 0 Å². The predicted molar refractivity (Wildman–Crippen MR) is 102 cm³/mol. The van der Waals surface area contributed by atoms with Crippen molar-refractivity contribution in [1.82, 2.24) is 5.32 Å². The highest BCUT2D eigenvalue weighted by molar-refractivity contribution is 5.96. The van der Waals surface area contributed by atoms with Crippen LogP contribution in [0.4, 0.5) is 5.69 Å². The van der Waals surface area contributed by atoms with Gasteiger partial charge < -0.3 is 15.7 Å². The van der Waals surface area contributed by atoms with Crippen molar-refractivity contribution < 1.29 is 19.5 Å². The minimum atomic E-state index is -0.954. The fourth-order valence-corrected chi connectivity index (χ4v) is 3.20. The third-order valence-electron chi connectivity index (χ3n) is 4.77. The van der Waals surface area contributed by atoms with Crippen LogP contribution in [0.3, 0.4) is 0 Å². The Morgan fingerprint density at radius 2 is 1.85 bits per heavy atom. The minimum Gasteiger partial charge on any atom is -0.478 e. The number of anilines is 1. The van der Waals surface area contributed by atoms with E-state index in [0.717, 1.165) is 16.8 Å². The summed E-state index contributed by atoms with van der Waals surface area (Å²) in [7, 11) is 0. The molecule has 0 aliphatic carbocycles. The monoisotopic (exact) mass is 366 g/mol. The Morgan fingerprint density at radius 1 is 1.11 bits per heavy atom. The minimum absolute atomic E-state index is 0.0278. The van der Waals surface area contributed by atoms with Crippen LogP contribution in [0.2, 0.25) is 0 Å². The largest absolute Gasteiger partial charge is 0.478 e. The average molecular weight is 366 g/mol. The molecule has 140 valence electrons. The van der Waals surface area contributed by atoms with Crippen LogP contribution in [-0.4, -0.2) is 29.4 Å². The zero-order valence-electron chi connectivity index (χ0n) is 14.9. The zero-order valence-corrected chi connectivity index (χ0v) is 14.9. The van der Waals surface area contributed by atoms with Gasteiger partial charge in [-0.15, -0.1) is 0 Å². The maximum atomic E-state index is 12.2. The Kier molecular flexibility index (Phi) is 5.86. The molecule has 1 aliphatic heterocycles. The van der Waals surface area contributed by atoms with Crippen molar-refractivity contribution in [2.45, 2.75) is 25.7 Å². The summed E-state index contributed by atoms with van der Waals surface area (Å²) < 4.78 is 0. The van der Waals surface area contributed by atoms with Crippen LogP contribution in [0.25, 0.3) is 0 Å². The lowest BCUT2D eigenvalue weighted by Crippen LogP contribution is -2.32. The molecule has 1 aliphatic rings. The third-order valence-corrected chi connectivity index (χ3v) is 4.77. The van der Waals surface area contributed by atoms with Gasteiger partial charge in [-0.1, -0.05) is 30.3 Å². The molecule has 0 fully saturated rings. The van der Waals surface area contributed by atoms with Crippen molar-refractivity contribution in [3.63, 3.8) is 0 Å². The topological polar surface area (TPSA) is 95.5 Å². The molecule has 0 radical (unpaired) electrons. The number of nitrogens with one attached hydrogen (secondary N) is 2. The van der Waals surface area contributed by atoms with Crippen LogP contribution in [-0.2, 0) is 22.4 Å². The number of carboxylic acid groups (broad SMARTS) is 1. The predicted octanol–water partition coefficient (Wildman–Crippen LogP) is 2.63. The van der Waals surface area contributed by atoms with Crippen LogP contribution in [0, 0.1) is 5.92 Å². The summed E-state index contributed by atoms with van der Waals surface area (Å²) in [6, 6.07) is 14.3. The second kappa shape index (κ2) is 8.49. The Balaban J connectivity index is 1.41. The van der Waals surface area contributed by atoms with Crippen LogP contribution in [0.1, 0.15) is 34.3 Å². The Morgan fingerprint density at radius 3 is 2.59 bits per heavy atom. The molecule has 2 amide bonds. The van der Waals surface area contributed by atoms with E-state index in [9.17, 15) is 14.4 Å². The lowest BCUT2D eigenvalue weighted by molar-refractivity contribution is -0.122. The number of carbonyl (C=O) groups is 3. The first-order valence-electron chi connectivity index (χ1n) is 9.00. The van der Waals surface area contributed by atoms with Crippen molar-refractivity contribution in [1.29, 1.82) is 0 Å². The summed E-state index contributed by atoms with van der Waals surface area (Å²) in [5, 5.41) is 14.6. The fourth-order valence-electron chi connectivity index (χ4n) is 3.20. The average Bonchev–Trinajstić information content (AvgIpc) is 2.66. The second-order valence-electron chi connectivity index (χ2n) is 6.69. The number of rotatable bonds is 7. The molecule has 3 N–H and O–H groups in total. The molecule has 0 saturated heterocycles. The van der Waals surface area contributed by atoms with Gasteiger partial charge in [0.1, 0.15) is 0 Å². The second-order valence-corrected chi connectivity index (χ2v) is 6.69. The number of carbonyl (C=O) groups excluding carboxylic acids is 2. The van der Waals surface area contributed by atoms with Crippen LogP contribution in [0.5, 0.6) is 0 Å². The van der Waals surface area contributed by atoms with E-state index in [2.05, 4.69) is 10.6 Å². The summed E-state index contributed by atoms with van der Waals surface area (Å²) in [5.74, 6) is -1.25. The van der Waals surface area contributed by atoms with Gasteiger partial charge in [-0.2, -0.15) is 0 Å². The molecule has 0 spiro atoms. The van der Waals surface area contributed by atoms with Gasteiger partial charge in [0, 0.05) is 24.6 Å². The van der Waals surface area contributed by atoms with Crippen molar-refractivity contribution in [3.05, 3.63) is 65.2 Å². The maximum Gasteiger partial charge on any atom is 0.335 e. The highest BCUT2D eigenvalue weighted by atomic mass is 16.4. The smallest absolute Gasteiger partial charge is 0.335 e. The van der Waals surface area contributed by atoms with Crippen molar-refractivity contribution in [3.8, 4) is 0 Å². The van der Waals surface area contributed by atoms with E-state index in [-0.39, 0.29) is 23.3 Å². The fraction of sp³-hybridized carbons (Fsp3) is 0.286. The van der Waals surface area contributed by atoms with E-state index >= 15 is 0 Å². The number of amides is 2. The molecule has 2 aromatic carbocycles. The summed E-state index contributed by atoms with van der Waals surface area (Å²) in [4.78, 5) is 35.0. The highest BCUT2D eigenvalue weighted by Gasteiger charge is 2.26. The SMILES string of the molecule is O=C(CC[C@H]1Cc2ccccc2NC1=O)NCCc1ccc(C(=O)O)cc1. The van der Waals surface area contributed by atoms with Gasteiger partial charge in [0.2, 0.25) is 11.8 Å². The molecule has 1 heterocycles. The lowest BCUT2D eigenvalue weighted by atomic mass is 9.89. The Hall–Kier alpha value is -3.15. The quantitative estimate of drug-likeness (QED) is 0.702. The first-order valence-corrected chi connectivity index (χ1v) is 9.00. The number of hydrogen-bond acceptors (Lipinski definition) is 3. The van der Waals surface area contributed by atoms with Gasteiger partial charge in [0.15, 0.2) is 0 Å². The standard InChI is InChI=1S/C21H22N2O4/c24-19(22-12-11-14-5-7-15(8-6-14)21(26)27)10-9-17-13-16-3-1-2-4-18(16)23-20(17)25/h1-8,17H,9-13H2,(H,22,24)(H,23,25)(H,26,27)/t17-/m0/s1. The number of carboxylic acids is 1. The van der Waals surface area contributed by atoms with E-state index < -0.39 is 5.97 Å². The summed E-state index contributed by atoms with van der Waals surface area (Å²) in [6.07, 6.45) is 2.10. The summed E-state index contributed by atoms with van der Waals surface area (Å²) >= 11 is 0. The molecule has 0 unspecified atom stereocenters. The lowest BCUT2D eigenvalue weighted by Gasteiger charge is -2.24. The molecule has 2 aromatic rings. The molecule has 0 saturated carbocycles. The molecule has 6 nitrogen and oxygen atoms in total. The Labute approximate surface area is 157 Å². The molecule has 3 rings (SSSR count). The maximum absolute atomic E-state index is 12.2. The number of aromatic carboxylic acids is 1. The molecule has 1 atom stereocenters. The number of benzene rings is 2. The van der Waals surface area contributed by atoms with Crippen LogP contribution < -0.4 is 10.6 Å². The van der Waals surface area contributed by atoms with E-state index in [1.807, 2.05) is 24.3 Å². The van der Waals surface area contributed by atoms with Gasteiger partial charge in [-0.3, -0.25) is 9.59 Å². The zero-order chi connectivity index (χ0) is 19.2. The van der Waals surface area contributed by atoms with Crippen molar-refractivity contribution in [2.24, 2.45) is 5.92 Å². The van der Waals surface area contributed by atoms with E-state index in [4.69, 9.17) is 5.11 Å². The van der Waals surface area contributed by atoms with Gasteiger partial charge in [-0.05, 0) is 48.6 Å². The van der Waals surface area contributed by atoms with Crippen LogP contribution in [0.15, 0.2) is 48.5 Å². The molecular weight excluding hydrogens is 344 g/mol. The molecular formula is C21H22N2O4. The summed E-state index contributed by atoms with van der Waals surface area (Å²) in [6.45, 7) is 0.477. The van der Waals surface area contributed by atoms with Gasteiger partial charge in [-0.25, -0.2) is 4.79 Å². The molecule has 0 bridgehead atoms. The highest BCUT2D eigenvalue weighted by Crippen LogP contribution is 2.27. The van der Waals surface area contributed by atoms with E-state index in [0.29, 0.717) is 32.2 Å². The molecule has 0 aromatic heterocycles. The summed E-state index contributed by atoms with van der Waals surface area (Å²) in [5.41, 5.74) is 3.17. The van der Waals surface area contributed by atoms with Gasteiger partial charge in [0.25, 0.3) is 0 Å². The van der Waals surface area contributed by atoms with Crippen molar-refractivity contribution >= 4 is 23.5 Å². The molecule has 27 heavy (non-hydrogen) atoms. The number of hydrogen-bond donors (Lipinski definition) is 3. The van der Waals surface area contributed by atoms with Gasteiger partial charge >= 0.3 is 5.97 Å².